The minimum absolute atomic E-state index is 0.0628. The summed E-state index contributed by atoms with van der Waals surface area (Å²) < 4.78 is 26.9. The second kappa shape index (κ2) is 8.79. The van der Waals surface area contributed by atoms with E-state index in [4.69, 9.17) is 0 Å². The van der Waals surface area contributed by atoms with E-state index in [0.29, 0.717) is 5.56 Å². The standard InChI is InChI=1S/C19H23N3O4S/c1-4-15-7-9-16(10-8-15)19(24)21-20-18(23)14(3)22-27(25,26)17-11-5-13(2)6-12-17/h5-12,14,22H,4H2,1-3H3,(H,20,23)(H,21,24)/t14-/m0/s1. The van der Waals surface area contributed by atoms with E-state index in [1.54, 1.807) is 24.3 Å². The van der Waals surface area contributed by atoms with Crippen LogP contribution in [0.5, 0.6) is 0 Å². The Morgan fingerprint density at radius 2 is 1.56 bits per heavy atom. The maximum absolute atomic E-state index is 12.3. The Bertz CT molecular complexity index is 907. The van der Waals surface area contributed by atoms with Gasteiger partial charge in [-0.2, -0.15) is 4.72 Å². The summed E-state index contributed by atoms with van der Waals surface area (Å²) in [5.74, 6) is -1.16. The number of aryl methyl sites for hydroxylation is 2. The predicted molar refractivity (Wildman–Crippen MR) is 102 cm³/mol. The van der Waals surface area contributed by atoms with Gasteiger partial charge in [0, 0.05) is 5.56 Å². The molecule has 144 valence electrons. The van der Waals surface area contributed by atoms with Gasteiger partial charge in [0.2, 0.25) is 10.0 Å². The molecule has 0 unspecified atom stereocenters. The minimum atomic E-state index is -3.84. The van der Waals surface area contributed by atoms with Gasteiger partial charge in [0.1, 0.15) is 0 Å². The molecular weight excluding hydrogens is 366 g/mol. The number of hydrogen-bond donors (Lipinski definition) is 3. The number of amides is 2. The fraction of sp³-hybridized carbons (Fsp3) is 0.263. The molecule has 0 radical (unpaired) electrons. The van der Waals surface area contributed by atoms with Gasteiger partial charge in [-0.25, -0.2) is 8.42 Å². The first-order chi connectivity index (χ1) is 12.7. The van der Waals surface area contributed by atoms with Crippen LogP contribution >= 0.6 is 0 Å². The molecule has 0 spiro atoms. The van der Waals surface area contributed by atoms with Gasteiger partial charge in [-0.3, -0.25) is 20.4 Å². The van der Waals surface area contributed by atoms with Crippen LogP contribution in [0.3, 0.4) is 0 Å². The molecule has 0 aromatic heterocycles. The average molecular weight is 389 g/mol. The molecule has 0 heterocycles. The normalized spacial score (nSPS) is 12.3. The molecule has 0 fully saturated rings. The van der Waals surface area contributed by atoms with Crippen LogP contribution in [0.4, 0.5) is 0 Å². The van der Waals surface area contributed by atoms with E-state index < -0.39 is 27.9 Å². The first-order valence-corrected chi connectivity index (χ1v) is 9.99. The van der Waals surface area contributed by atoms with E-state index in [2.05, 4.69) is 15.6 Å². The molecule has 27 heavy (non-hydrogen) atoms. The van der Waals surface area contributed by atoms with E-state index >= 15 is 0 Å². The van der Waals surface area contributed by atoms with Crippen LogP contribution in [0.15, 0.2) is 53.4 Å². The van der Waals surface area contributed by atoms with Crippen LogP contribution in [0.1, 0.15) is 35.3 Å². The van der Waals surface area contributed by atoms with E-state index in [0.717, 1.165) is 17.5 Å². The van der Waals surface area contributed by atoms with Gasteiger partial charge in [0.25, 0.3) is 11.8 Å². The largest absolute Gasteiger partial charge is 0.271 e. The summed E-state index contributed by atoms with van der Waals surface area (Å²) in [6.45, 7) is 5.25. The molecule has 0 saturated carbocycles. The maximum atomic E-state index is 12.3. The Hall–Kier alpha value is -2.71. The Balaban J connectivity index is 1.92. The van der Waals surface area contributed by atoms with Gasteiger partial charge in [0.15, 0.2) is 0 Å². The van der Waals surface area contributed by atoms with Crippen LogP contribution in [0.25, 0.3) is 0 Å². The summed E-state index contributed by atoms with van der Waals surface area (Å²) in [5, 5.41) is 0. The minimum Gasteiger partial charge on any atom is -0.271 e. The van der Waals surface area contributed by atoms with Gasteiger partial charge >= 0.3 is 0 Å². The summed E-state index contributed by atoms with van der Waals surface area (Å²) in [4.78, 5) is 24.2. The zero-order valence-corrected chi connectivity index (χ0v) is 16.3. The highest BCUT2D eigenvalue weighted by Crippen LogP contribution is 2.10. The van der Waals surface area contributed by atoms with Crippen molar-refractivity contribution in [2.24, 2.45) is 0 Å². The fourth-order valence-corrected chi connectivity index (χ4v) is 3.47. The second-order valence-corrected chi connectivity index (χ2v) is 7.86. The molecule has 2 aromatic carbocycles. The lowest BCUT2D eigenvalue weighted by Crippen LogP contribution is -2.51. The zero-order chi connectivity index (χ0) is 20.0. The van der Waals surface area contributed by atoms with Crippen molar-refractivity contribution in [1.29, 1.82) is 0 Å². The molecule has 0 bridgehead atoms. The first kappa shape index (κ1) is 20.6. The lowest BCUT2D eigenvalue weighted by Gasteiger charge is -2.15. The number of hydrogen-bond acceptors (Lipinski definition) is 4. The number of carbonyl (C=O) groups is 2. The molecule has 3 N–H and O–H groups in total. The van der Waals surface area contributed by atoms with E-state index in [1.165, 1.54) is 19.1 Å². The molecule has 0 aliphatic rings. The molecule has 1 atom stereocenters. The lowest BCUT2D eigenvalue weighted by molar-refractivity contribution is -0.123. The highest BCUT2D eigenvalue weighted by Gasteiger charge is 2.22. The van der Waals surface area contributed by atoms with Gasteiger partial charge in [-0.05, 0) is 50.1 Å². The number of hydrazine groups is 1. The van der Waals surface area contributed by atoms with Crippen molar-refractivity contribution in [3.63, 3.8) is 0 Å². The van der Waals surface area contributed by atoms with Crippen molar-refractivity contribution >= 4 is 21.8 Å². The van der Waals surface area contributed by atoms with Gasteiger partial charge in [-0.1, -0.05) is 36.8 Å². The third kappa shape index (κ3) is 5.63. The number of rotatable bonds is 6. The molecular formula is C19H23N3O4S. The SMILES string of the molecule is CCc1ccc(C(=O)NNC(=O)[C@H](C)NS(=O)(=O)c2ccc(C)cc2)cc1. The smallest absolute Gasteiger partial charge is 0.269 e. The summed E-state index contributed by atoms with van der Waals surface area (Å²) in [5.41, 5.74) is 6.91. The van der Waals surface area contributed by atoms with Crippen molar-refractivity contribution in [3.8, 4) is 0 Å². The number of sulfonamides is 1. The topological polar surface area (TPSA) is 104 Å². The molecule has 7 nitrogen and oxygen atoms in total. The van der Waals surface area contributed by atoms with E-state index in [9.17, 15) is 18.0 Å². The summed E-state index contributed by atoms with van der Waals surface area (Å²) in [6.07, 6.45) is 0.858. The number of benzene rings is 2. The number of carbonyl (C=O) groups excluding carboxylic acids is 2. The van der Waals surface area contributed by atoms with Crippen LogP contribution in [-0.4, -0.2) is 26.3 Å². The number of nitrogens with one attached hydrogen (secondary N) is 3. The average Bonchev–Trinajstić information content (AvgIpc) is 2.65. The molecule has 2 amide bonds. The van der Waals surface area contributed by atoms with Crippen LogP contribution < -0.4 is 15.6 Å². The third-order valence-electron chi connectivity index (χ3n) is 3.98. The van der Waals surface area contributed by atoms with E-state index in [-0.39, 0.29) is 4.90 Å². The Morgan fingerprint density at radius 3 is 2.11 bits per heavy atom. The Labute approximate surface area is 159 Å². The summed E-state index contributed by atoms with van der Waals surface area (Å²) in [6, 6.07) is 12.2. The van der Waals surface area contributed by atoms with Crippen molar-refractivity contribution in [2.75, 3.05) is 0 Å². The molecule has 2 rings (SSSR count). The summed E-state index contributed by atoms with van der Waals surface area (Å²) >= 11 is 0. The molecule has 0 aliphatic heterocycles. The molecule has 0 aliphatic carbocycles. The summed E-state index contributed by atoms with van der Waals surface area (Å²) in [7, 11) is -3.84. The highest BCUT2D eigenvalue weighted by molar-refractivity contribution is 7.89. The van der Waals surface area contributed by atoms with E-state index in [1.807, 2.05) is 26.0 Å². The Morgan fingerprint density at radius 1 is 0.963 bits per heavy atom. The van der Waals surface area contributed by atoms with Crippen LogP contribution in [-0.2, 0) is 21.2 Å². The van der Waals surface area contributed by atoms with Crippen LogP contribution in [0, 0.1) is 6.92 Å². The maximum Gasteiger partial charge on any atom is 0.269 e. The van der Waals surface area contributed by atoms with Crippen molar-refractivity contribution in [3.05, 3.63) is 65.2 Å². The van der Waals surface area contributed by atoms with Crippen molar-refractivity contribution < 1.29 is 18.0 Å². The molecule has 8 heteroatoms. The van der Waals surface area contributed by atoms with Gasteiger partial charge in [-0.15, -0.1) is 0 Å². The second-order valence-electron chi connectivity index (χ2n) is 6.15. The third-order valence-corrected chi connectivity index (χ3v) is 5.54. The van der Waals surface area contributed by atoms with Crippen molar-refractivity contribution in [2.45, 2.75) is 38.1 Å². The fourth-order valence-electron chi connectivity index (χ4n) is 2.26. The monoisotopic (exact) mass is 389 g/mol. The first-order valence-electron chi connectivity index (χ1n) is 8.51. The van der Waals surface area contributed by atoms with Crippen LogP contribution in [0.2, 0.25) is 0 Å². The quantitative estimate of drug-likeness (QED) is 0.654. The van der Waals surface area contributed by atoms with Gasteiger partial charge in [0.05, 0.1) is 10.9 Å². The lowest BCUT2D eigenvalue weighted by atomic mass is 10.1. The molecule has 2 aromatic rings. The Kier molecular flexibility index (Phi) is 6.70. The predicted octanol–water partition coefficient (Wildman–Crippen LogP) is 1.69. The highest BCUT2D eigenvalue weighted by atomic mass is 32.2. The zero-order valence-electron chi connectivity index (χ0n) is 15.4. The molecule has 0 saturated heterocycles. The van der Waals surface area contributed by atoms with Crippen molar-refractivity contribution in [1.82, 2.24) is 15.6 Å². The van der Waals surface area contributed by atoms with Gasteiger partial charge < -0.3 is 0 Å².